The molecule has 6 nitrogen and oxygen atoms in total. The number of nitrogens with one attached hydrogen (secondary N) is 2. The first-order chi connectivity index (χ1) is 7.65. The number of aromatic amines is 1. The minimum Gasteiger partial charge on any atom is -0.315 e. The van der Waals surface area contributed by atoms with Gasteiger partial charge in [0, 0.05) is 12.1 Å². The molecule has 0 amide bonds. The second-order valence-electron chi connectivity index (χ2n) is 3.87. The number of imidazole rings is 1. The molecule has 0 aliphatic rings. The van der Waals surface area contributed by atoms with E-state index in [0.717, 1.165) is 0 Å². The number of nitrogens with zero attached hydrogens (tertiary/aromatic N) is 3. The molecule has 2 N–H and O–H groups in total. The van der Waals surface area contributed by atoms with Gasteiger partial charge in [-0.25, -0.2) is 9.97 Å². The van der Waals surface area contributed by atoms with Crippen LogP contribution in [0, 0.1) is 0 Å². The van der Waals surface area contributed by atoms with E-state index in [9.17, 15) is 4.79 Å². The quantitative estimate of drug-likeness (QED) is 0.781. The van der Waals surface area contributed by atoms with Crippen LogP contribution < -0.4 is 10.9 Å². The van der Waals surface area contributed by atoms with Crippen molar-refractivity contribution in [3.05, 3.63) is 23.0 Å². The summed E-state index contributed by atoms with van der Waals surface area (Å²) < 4.78 is 1.91. The lowest BCUT2D eigenvalue weighted by atomic mass is 10.2. The molecule has 0 aliphatic carbocycles. The third kappa shape index (κ3) is 1.61. The normalized spacial score (nSPS) is 15.2. The Morgan fingerprint density at radius 1 is 1.44 bits per heavy atom. The lowest BCUT2D eigenvalue weighted by molar-refractivity contribution is 0.421. The van der Waals surface area contributed by atoms with Crippen LogP contribution >= 0.6 is 0 Å². The van der Waals surface area contributed by atoms with E-state index in [0.29, 0.717) is 11.2 Å². The van der Waals surface area contributed by atoms with Crippen LogP contribution in [-0.2, 0) is 0 Å². The molecule has 2 rings (SSSR count). The van der Waals surface area contributed by atoms with Crippen LogP contribution in [0.25, 0.3) is 11.2 Å². The van der Waals surface area contributed by atoms with Crippen molar-refractivity contribution in [2.75, 3.05) is 7.05 Å². The highest BCUT2D eigenvalue weighted by atomic mass is 16.1. The van der Waals surface area contributed by atoms with Gasteiger partial charge in [-0.1, -0.05) is 0 Å². The van der Waals surface area contributed by atoms with Gasteiger partial charge in [0.2, 0.25) is 0 Å². The van der Waals surface area contributed by atoms with Crippen LogP contribution in [0.15, 0.2) is 17.4 Å². The third-order valence-corrected chi connectivity index (χ3v) is 2.98. The molecule has 0 aromatic carbocycles. The highest BCUT2D eigenvalue weighted by Gasteiger charge is 2.16. The Morgan fingerprint density at radius 2 is 2.19 bits per heavy atom. The topological polar surface area (TPSA) is 75.6 Å². The minimum absolute atomic E-state index is 0.185. The van der Waals surface area contributed by atoms with Crippen LogP contribution in [0.2, 0.25) is 0 Å². The van der Waals surface area contributed by atoms with Crippen LogP contribution in [-0.4, -0.2) is 32.6 Å². The smallest absolute Gasteiger partial charge is 0.278 e. The maximum Gasteiger partial charge on any atom is 0.278 e. The van der Waals surface area contributed by atoms with Gasteiger partial charge in [0.05, 0.1) is 12.7 Å². The molecule has 0 aliphatic heterocycles. The molecule has 0 saturated carbocycles. The lowest BCUT2D eigenvalue weighted by Crippen LogP contribution is -2.30. The van der Waals surface area contributed by atoms with Gasteiger partial charge in [-0.3, -0.25) is 4.79 Å². The average Bonchev–Trinajstić information content (AvgIpc) is 2.72. The fourth-order valence-corrected chi connectivity index (χ4v) is 1.64. The zero-order valence-corrected chi connectivity index (χ0v) is 9.56. The standard InChI is InChI=1S/C10H15N5O/c1-6(11-3)7(2)15-5-14-8-9(15)12-4-13-10(8)16/h4-7,11H,1-3H3,(H,12,13,16). The Morgan fingerprint density at radius 3 is 2.88 bits per heavy atom. The van der Waals surface area contributed by atoms with E-state index < -0.39 is 0 Å². The average molecular weight is 221 g/mol. The number of likely N-dealkylation sites (N-methyl/N-ethyl adjacent to an activating group) is 1. The van der Waals surface area contributed by atoms with Gasteiger partial charge in [-0.05, 0) is 20.9 Å². The lowest BCUT2D eigenvalue weighted by Gasteiger charge is -2.20. The van der Waals surface area contributed by atoms with E-state index in [1.165, 1.54) is 6.33 Å². The van der Waals surface area contributed by atoms with Crippen LogP contribution in [0.1, 0.15) is 19.9 Å². The number of aromatic nitrogens is 4. The molecular weight excluding hydrogens is 206 g/mol. The highest BCUT2D eigenvalue weighted by molar-refractivity contribution is 5.68. The summed E-state index contributed by atoms with van der Waals surface area (Å²) in [6.45, 7) is 4.13. The molecule has 0 spiro atoms. The monoisotopic (exact) mass is 221 g/mol. The number of H-pyrrole nitrogens is 1. The molecule has 6 heteroatoms. The number of fused-ring (bicyclic) bond motifs is 1. The summed E-state index contributed by atoms with van der Waals surface area (Å²) in [6.07, 6.45) is 3.06. The summed E-state index contributed by atoms with van der Waals surface area (Å²) in [5.74, 6) is 0. The Labute approximate surface area is 92.7 Å². The predicted molar refractivity (Wildman–Crippen MR) is 61.4 cm³/mol. The molecule has 2 unspecified atom stereocenters. The molecule has 0 saturated heterocycles. The van der Waals surface area contributed by atoms with Gasteiger partial charge in [0.1, 0.15) is 0 Å². The first kappa shape index (κ1) is 10.8. The van der Waals surface area contributed by atoms with E-state index in [2.05, 4.69) is 34.1 Å². The first-order valence-corrected chi connectivity index (χ1v) is 5.22. The van der Waals surface area contributed by atoms with Gasteiger partial charge < -0.3 is 14.9 Å². The van der Waals surface area contributed by atoms with Gasteiger partial charge in [0.15, 0.2) is 11.2 Å². The molecule has 0 radical (unpaired) electrons. The maximum atomic E-state index is 11.5. The molecule has 2 heterocycles. The van der Waals surface area contributed by atoms with E-state index in [-0.39, 0.29) is 17.6 Å². The molecule has 86 valence electrons. The Balaban J connectivity index is 2.54. The van der Waals surface area contributed by atoms with Crippen LogP contribution in [0.3, 0.4) is 0 Å². The molecule has 2 aromatic heterocycles. The molecule has 0 bridgehead atoms. The summed E-state index contributed by atoms with van der Waals surface area (Å²) in [7, 11) is 1.90. The van der Waals surface area contributed by atoms with Crippen molar-refractivity contribution in [1.82, 2.24) is 24.8 Å². The Kier molecular flexibility index (Phi) is 2.74. The van der Waals surface area contributed by atoms with Crippen molar-refractivity contribution in [1.29, 1.82) is 0 Å². The molecule has 2 aromatic rings. The van der Waals surface area contributed by atoms with Gasteiger partial charge in [-0.2, -0.15) is 0 Å². The van der Waals surface area contributed by atoms with Gasteiger partial charge in [0.25, 0.3) is 5.56 Å². The maximum absolute atomic E-state index is 11.5. The molecule has 2 atom stereocenters. The second-order valence-corrected chi connectivity index (χ2v) is 3.87. The Hall–Kier alpha value is -1.69. The van der Waals surface area contributed by atoms with Crippen molar-refractivity contribution < 1.29 is 0 Å². The van der Waals surface area contributed by atoms with Crippen molar-refractivity contribution in [2.45, 2.75) is 25.9 Å². The van der Waals surface area contributed by atoms with E-state index in [4.69, 9.17) is 0 Å². The fraction of sp³-hybridized carbons (Fsp3) is 0.500. The summed E-state index contributed by atoms with van der Waals surface area (Å²) in [4.78, 5) is 22.2. The number of hydrogen-bond acceptors (Lipinski definition) is 4. The van der Waals surface area contributed by atoms with Crippen LogP contribution in [0.5, 0.6) is 0 Å². The largest absolute Gasteiger partial charge is 0.315 e. The molecular formula is C10H15N5O. The predicted octanol–water partition coefficient (Wildman–Crippen LogP) is 0.288. The SMILES string of the molecule is CNC(C)C(C)n1cnc2c(=O)[nH]cnc21. The van der Waals surface area contributed by atoms with E-state index >= 15 is 0 Å². The zero-order valence-electron chi connectivity index (χ0n) is 9.56. The summed E-state index contributed by atoms with van der Waals surface area (Å²) in [5, 5.41) is 3.17. The molecule has 0 fully saturated rings. The van der Waals surface area contributed by atoms with Crippen molar-refractivity contribution >= 4 is 11.2 Å². The first-order valence-electron chi connectivity index (χ1n) is 5.22. The second kappa shape index (κ2) is 4.05. The van der Waals surface area contributed by atoms with Gasteiger partial charge >= 0.3 is 0 Å². The minimum atomic E-state index is -0.201. The summed E-state index contributed by atoms with van der Waals surface area (Å²) >= 11 is 0. The zero-order chi connectivity index (χ0) is 11.7. The summed E-state index contributed by atoms with van der Waals surface area (Å²) in [6, 6.07) is 0.461. The van der Waals surface area contributed by atoms with Crippen molar-refractivity contribution in [3.63, 3.8) is 0 Å². The highest BCUT2D eigenvalue weighted by Crippen LogP contribution is 2.15. The van der Waals surface area contributed by atoms with E-state index in [1.807, 2.05) is 11.6 Å². The van der Waals surface area contributed by atoms with Crippen LogP contribution in [0.4, 0.5) is 0 Å². The molecule has 16 heavy (non-hydrogen) atoms. The van der Waals surface area contributed by atoms with Crippen molar-refractivity contribution in [2.24, 2.45) is 0 Å². The van der Waals surface area contributed by atoms with Gasteiger partial charge in [-0.15, -0.1) is 0 Å². The third-order valence-electron chi connectivity index (χ3n) is 2.98. The Bertz CT molecular complexity index is 543. The van der Waals surface area contributed by atoms with E-state index in [1.54, 1.807) is 6.33 Å². The van der Waals surface area contributed by atoms with Crippen molar-refractivity contribution in [3.8, 4) is 0 Å². The number of hydrogen-bond donors (Lipinski definition) is 2. The summed E-state index contributed by atoms with van der Waals surface area (Å²) in [5.41, 5.74) is 0.809. The number of rotatable bonds is 3. The fourth-order valence-electron chi connectivity index (χ4n) is 1.64.